The molecule has 1 spiro atoms. The van der Waals surface area contributed by atoms with Crippen molar-refractivity contribution in [1.29, 1.82) is 0 Å². The van der Waals surface area contributed by atoms with Gasteiger partial charge in [0.1, 0.15) is 17.3 Å². The summed E-state index contributed by atoms with van der Waals surface area (Å²) in [5.41, 5.74) is -0.198. The highest BCUT2D eigenvalue weighted by atomic mass is 19.1. The van der Waals surface area contributed by atoms with Crippen LogP contribution in [-0.4, -0.2) is 34.4 Å². The minimum atomic E-state index is -1.85. The summed E-state index contributed by atoms with van der Waals surface area (Å²) in [6, 6.07) is 22.9. The number of halogens is 1. The van der Waals surface area contributed by atoms with E-state index in [1.807, 2.05) is 18.2 Å². The molecule has 41 heavy (non-hydrogen) atoms. The van der Waals surface area contributed by atoms with Gasteiger partial charge in [-0.15, -0.1) is 0 Å². The van der Waals surface area contributed by atoms with Crippen LogP contribution in [0.3, 0.4) is 0 Å². The summed E-state index contributed by atoms with van der Waals surface area (Å²) in [4.78, 5) is 56.4. The molecule has 0 bridgehead atoms. The lowest BCUT2D eigenvalue weighted by Crippen LogP contribution is -2.48. The molecule has 7 nitrogen and oxygen atoms in total. The number of rotatable bonds is 4. The summed E-state index contributed by atoms with van der Waals surface area (Å²) >= 11 is 0. The molecule has 0 unspecified atom stereocenters. The van der Waals surface area contributed by atoms with Crippen molar-refractivity contribution < 1.29 is 23.7 Å². The molecule has 1 aliphatic carbocycles. The number of para-hydroxylation sites is 1. The van der Waals surface area contributed by atoms with Gasteiger partial charge in [0, 0.05) is 40.4 Å². The first-order valence-corrected chi connectivity index (χ1v) is 13.1. The van der Waals surface area contributed by atoms with Gasteiger partial charge >= 0.3 is 0 Å². The Hall–Kier alpha value is -5.24. The first-order valence-electron chi connectivity index (χ1n) is 13.1. The number of anilines is 1. The number of fused-ring (bicyclic) bond motifs is 5. The molecular weight excluding hydrogens is 523 g/mol. The number of Topliss-reactive ketones (excluding diaryl/α,β-unsaturated/α-hetero) is 3. The number of nitrogens with zero attached hydrogens (tertiary/aromatic N) is 2. The predicted octanol–water partition coefficient (Wildman–Crippen LogP) is 6.05. The smallest absolute Gasteiger partial charge is 0.270 e. The standard InChI is InChI=1S/C33H21FN2O5/c34-25-14-5-4-13-24(25)28-29(30(37)20-9-7-10-21(18-20)36(40)41)35-26-15-6-1-8-19(26)16-17-27(35)33(28)31(38)22-11-2-3-12-23(22)32(33)39/h1-18,27-29H/t27-,28-,29+/m0/s1. The molecule has 4 aromatic rings. The number of hydrogen-bond donors (Lipinski definition) is 0. The minimum absolute atomic E-state index is 0.0313. The van der Waals surface area contributed by atoms with E-state index in [1.54, 1.807) is 53.4 Å². The summed E-state index contributed by atoms with van der Waals surface area (Å²) in [7, 11) is 0. The third-order valence-corrected chi connectivity index (χ3v) is 8.56. The van der Waals surface area contributed by atoms with E-state index >= 15 is 4.39 Å². The van der Waals surface area contributed by atoms with Crippen LogP contribution in [0.25, 0.3) is 6.08 Å². The monoisotopic (exact) mass is 544 g/mol. The number of carbonyl (C=O) groups excluding carboxylic acids is 3. The van der Waals surface area contributed by atoms with Gasteiger partial charge in [-0.2, -0.15) is 0 Å². The number of hydrogen-bond acceptors (Lipinski definition) is 6. The Labute approximate surface area is 233 Å². The van der Waals surface area contributed by atoms with Crippen molar-refractivity contribution in [3.63, 3.8) is 0 Å². The first kappa shape index (κ1) is 24.8. The van der Waals surface area contributed by atoms with E-state index < -0.39 is 51.5 Å². The van der Waals surface area contributed by atoms with E-state index in [1.165, 1.54) is 42.5 Å². The second-order valence-electron chi connectivity index (χ2n) is 10.5. The number of nitro groups is 1. The quantitative estimate of drug-likeness (QED) is 0.134. The molecule has 0 aromatic heterocycles. The lowest BCUT2D eigenvalue weighted by molar-refractivity contribution is -0.384. The highest BCUT2D eigenvalue weighted by Crippen LogP contribution is 2.61. The fourth-order valence-electron chi connectivity index (χ4n) is 6.93. The maximum absolute atomic E-state index is 15.8. The molecular formula is C33H21FN2O5. The van der Waals surface area contributed by atoms with Crippen LogP contribution >= 0.6 is 0 Å². The molecule has 0 amide bonds. The number of ketones is 3. The zero-order chi connectivity index (χ0) is 28.5. The molecule has 3 aliphatic rings. The topological polar surface area (TPSA) is 97.6 Å². The van der Waals surface area contributed by atoms with Gasteiger partial charge in [0.05, 0.1) is 11.0 Å². The lowest BCUT2D eigenvalue weighted by Gasteiger charge is -2.37. The highest BCUT2D eigenvalue weighted by Gasteiger charge is 2.71. The van der Waals surface area contributed by atoms with Crippen molar-refractivity contribution in [3.8, 4) is 0 Å². The van der Waals surface area contributed by atoms with Gasteiger partial charge in [-0.3, -0.25) is 24.5 Å². The number of non-ortho nitro benzene ring substituents is 1. The predicted molar refractivity (Wildman–Crippen MR) is 150 cm³/mol. The molecule has 1 saturated heterocycles. The third kappa shape index (κ3) is 3.27. The Balaban J connectivity index is 1.55. The van der Waals surface area contributed by atoms with Crippen LogP contribution < -0.4 is 4.90 Å². The molecule has 0 saturated carbocycles. The van der Waals surface area contributed by atoms with E-state index in [-0.39, 0.29) is 27.9 Å². The Morgan fingerprint density at radius 2 is 1.51 bits per heavy atom. The van der Waals surface area contributed by atoms with Crippen LogP contribution in [0.4, 0.5) is 15.8 Å². The van der Waals surface area contributed by atoms with Gasteiger partial charge in [0.15, 0.2) is 17.3 Å². The zero-order valence-electron chi connectivity index (χ0n) is 21.4. The van der Waals surface area contributed by atoms with E-state index in [4.69, 9.17) is 0 Å². The fraction of sp³-hybridized carbons (Fsp3) is 0.121. The summed E-state index contributed by atoms with van der Waals surface area (Å²) in [5.74, 6) is -3.38. The molecule has 7 rings (SSSR count). The van der Waals surface area contributed by atoms with E-state index in [0.29, 0.717) is 5.69 Å². The van der Waals surface area contributed by atoms with Crippen LogP contribution in [0.1, 0.15) is 48.1 Å². The van der Waals surface area contributed by atoms with Gasteiger partial charge in [-0.05, 0) is 23.3 Å². The zero-order valence-corrected chi connectivity index (χ0v) is 21.4. The van der Waals surface area contributed by atoms with Gasteiger partial charge in [-0.1, -0.05) is 84.9 Å². The van der Waals surface area contributed by atoms with Crippen molar-refractivity contribution in [2.75, 3.05) is 4.90 Å². The average Bonchev–Trinajstić information content (AvgIpc) is 3.43. The number of carbonyl (C=O) groups is 3. The van der Waals surface area contributed by atoms with Gasteiger partial charge < -0.3 is 4.90 Å². The molecule has 2 heterocycles. The number of nitro benzene ring substituents is 1. The summed E-state index contributed by atoms with van der Waals surface area (Å²) in [6.07, 6.45) is 3.57. The van der Waals surface area contributed by atoms with Gasteiger partial charge in [0.2, 0.25) is 0 Å². The van der Waals surface area contributed by atoms with E-state index in [0.717, 1.165) is 5.56 Å². The minimum Gasteiger partial charge on any atom is -0.352 e. The van der Waals surface area contributed by atoms with Crippen molar-refractivity contribution in [3.05, 3.63) is 147 Å². The maximum atomic E-state index is 15.8. The third-order valence-electron chi connectivity index (χ3n) is 8.56. The number of benzene rings is 4. The second kappa shape index (κ2) is 8.89. The van der Waals surface area contributed by atoms with Crippen LogP contribution in [0.5, 0.6) is 0 Å². The molecule has 2 aliphatic heterocycles. The Kier molecular flexibility index (Phi) is 5.37. The molecule has 0 radical (unpaired) electrons. The first-order chi connectivity index (χ1) is 19.9. The Morgan fingerprint density at radius 1 is 0.854 bits per heavy atom. The molecule has 1 fully saturated rings. The van der Waals surface area contributed by atoms with Crippen LogP contribution in [0, 0.1) is 21.3 Å². The average molecular weight is 545 g/mol. The van der Waals surface area contributed by atoms with Crippen molar-refractivity contribution in [2.24, 2.45) is 5.41 Å². The van der Waals surface area contributed by atoms with Gasteiger partial charge in [0.25, 0.3) is 5.69 Å². The molecule has 4 aromatic carbocycles. The summed E-state index contributed by atoms with van der Waals surface area (Å²) in [5, 5.41) is 11.6. The normalized spacial score (nSPS) is 21.5. The van der Waals surface area contributed by atoms with Crippen molar-refractivity contribution in [1.82, 2.24) is 0 Å². The van der Waals surface area contributed by atoms with Crippen LogP contribution in [0.15, 0.2) is 103 Å². The van der Waals surface area contributed by atoms with Crippen molar-refractivity contribution in [2.45, 2.75) is 18.0 Å². The highest BCUT2D eigenvalue weighted by molar-refractivity contribution is 6.32. The van der Waals surface area contributed by atoms with E-state index in [2.05, 4.69) is 0 Å². The Morgan fingerprint density at radius 3 is 2.22 bits per heavy atom. The fourth-order valence-corrected chi connectivity index (χ4v) is 6.93. The van der Waals surface area contributed by atoms with Gasteiger partial charge in [-0.25, -0.2) is 4.39 Å². The van der Waals surface area contributed by atoms with Crippen molar-refractivity contribution >= 4 is 34.8 Å². The van der Waals surface area contributed by atoms with Crippen LogP contribution in [-0.2, 0) is 0 Å². The summed E-state index contributed by atoms with van der Waals surface area (Å²) < 4.78 is 15.8. The molecule has 200 valence electrons. The maximum Gasteiger partial charge on any atom is 0.270 e. The van der Waals surface area contributed by atoms with Crippen LogP contribution in [0.2, 0.25) is 0 Å². The lowest BCUT2D eigenvalue weighted by atomic mass is 9.64. The summed E-state index contributed by atoms with van der Waals surface area (Å²) in [6.45, 7) is 0. The molecule has 3 atom stereocenters. The SMILES string of the molecule is O=C(c1cccc([N+](=O)[O-])c1)[C@H]1[C@H](c2ccccc2F)C2(C(=O)c3ccccc3C2=O)[C@@H]2C=Cc3ccccc3N21. The largest absolute Gasteiger partial charge is 0.352 e. The molecule has 0 N–H and O–H groups in total. The molecule has 8 heteroatoms. The van der Waals surface area contributed by atoms with E-state index in [9.17, 15) is 24.5 Å². The Bertz CT molecular complexity index is 1810. The second-order valence-corrected chi connectivity index (χ2v) is 10.5.